The average Bonchev–Trinajstić information content (AvgIpc) is 1.87. The van der Waals surface area contributed by atoms with Gasteiger partial charge in [-0.15, -0.1) is 0 Å². The summed E-state index contributed by atoms with van der Waals surface area (Å²) in [5.41, 5.74) is 0. The van der Waals surface area contributed by atoms with Crippen LogP contribution in [0.1, 0.15) is 6.92 Å². The minimum Gasteiger partial charge on any atom is -0.243 e. The Balaban J connectivity index is 3.78. The first-order chi connectivity index (χ1) is 4.22. The summed E-state index contributed by atoms with van der Waals surface area (Å²) in [5, 5.41) is 0. The second-order valence-electron chi connectivity index (χ2n) is 1.35. The SMILES string of the molecule is CC(SCF)=C(F)CF. The van der Waals surface area contributed by atoms with Gasteiger partial charge >= 0.3 is 0 Å². The lowest BCUT2D eigenvalue weighted by molar-refractivity contribution is 0.457. The van der Waals surface area contributed by atoms with Crippen LogP contribution in [0.25, 0.3) is 0 Å². The molecule has 0 aliphatic carbocycles. The fourth-order valence-corrected chi connectivity index (χ4v) is 0.629. The summed E-state index contributed by atoms with van der Waals surface area (Å²) in [6.07, 6.45) is 0. The van der Waals surface area contributed by atoms with Crippen LogP contribution < -0.4 is 0 Å². The van der Waals surface area contributed by atoms with Crippen molar-refractivity contribution >= 4 is 11.8 Å². The first-order valence-electron chi connectivity index (χ1n) is 2.32. The third-order valence-corrected chi connectivity index (χ3v) is 1.53. The number of alkyl halides is 2. The molecule has 0 aliphatic rings. The summed E-state index contributed by atoms with van der Waals surface area (Å²) in [6, 6.07) is -0.709. The third kappa shape index (κ3) is 3.46. The molecule has 0 fully saturated rings. The molecule has 0 saturated heterocycles. The molecule has 0 N–H and O–H groups in total. The van der Waals surface area contributed by atoms with Gasteiger partial charge in [-0.05, 0) is 6.92 Å². The largest absolute Gasteiger partial charge is 0.243 e. The predicted molar refractivity (Wildman–Crippen MR) is 33.3 cm³/mol. The molecule has 0 rings (SSSR count). The fraction of sp³-hybridized carbons (Fsp3) is 0.600. The first-order valence-corrected chi connectivity index (χ1v) is 3.31. The van der Waals surface area contributed by atoms with Crippen LogP contribution in [-0.2, 0) is 0 Å². The van der Waals surface area contributed by atoms with Crippen LogP contribution in [0.5, 0.6) is 0 Å². The van der Waals surface area contributed by atoms with E-state index in [1.165, 1.54) is 6.92 Å². The van der Waals surface area contributed by atoms with Gasteiger partial charge in [0, 0.05) is 4.91 Å². The highest BCUT2D eigenvalue weighted by atomic mass is 32.2. The number of rotatable bonds is 3. The normalized spacial score (nSPS) is 13.3. The van der Waals surface area contributed by atoms with Gasteiger partial charge in [-0.25, -0.2) is 13.2 Å². The maximum atomic E-state index is 12.0. The van der Waals surface area contributed by atoms with Crippen LogP contribution >= 0.6 is 11.8 Å². The molecule has 9 heavy (non-hydrogen) atoms. The van der Waals surface area contributed by atoms with Crippen LogP contribution in [0.4, 0.5) is 13.2 Å². The molecular formula is C5H7F3S. The van der Waals surface area contributed by atoms with Crippen LogP contribution in [0, 0.1) is 0 Å². The van der Waals surface area contributed by atoms with Gasteiger partial charge in [0.25, 0.3) is 0 Å². The van der Waals surface area contributed by atoms with Gasteiger partial charge in [0.05, 0.1) is 0 Å². The van der Waals surface area contributed by atoms with E-state index in [1.54, 1.807) is 0 Å². The van der Waals surface area contributed by atoms with Gasteiger partial charge < -0.3 is 0 Å². The minimum absolute atomic E-state index is 0.0833. The summed E-state index contributed by atoms with van der Waals surface area (Å²) in [7, 11) is 0. The molecule has 0 aromatic heterocycles. The molecule has 0 nitrogen and oxygen atoms in total. The lowest BCUT2D eigenvalue weighted by Gasteiger charge is -1.94. The number of halogens is 3. The summed E-state index contributed by atoms with van der Waals surface area (Å²) >= 11 is 0.662. The Morgan fingerprint density at radius 3 is 2.33 bits per heavy atom. The number of thioether (sulfide) groups is 1. The second kappa shape index (κ2) is 4.73. The van der Waals surface area contributed by atoms with Gasteiger partial charge in [-0.3, -0.25) is 0 Å². The van der Waals surface area contributed by atoms with Gasteiger partial charge in [-0.1, -0.05) is 11.8 Å². The van der Waals surface area contributed by atoms with Gasteiger partial charge in [0.15, 0.2) is 0 Å². The molecule has 0 aliphatic heterocycles. The molecular weight excluding hydrogens is 149 g/mol. The molecule has 0 amide bonds. The van der Waals surface area contributed by atoms with Gasteiger partial charge in [0.1, 0.15) is 18.5 Å². The van der Waals surface area contributed by atoms with Crippen molar-refractivity contribution in [2.24, 2.45) is 0 Å². The van der Waals surface area contributed by atoms with Crippen molar-refractivity contribution in [2.45, 2.75) is 6.92 Å². The highest BCUT2D eigenvalue weighted by molar-refractivity contribution is 8.02. The Hall–Kier alpha value is -0.120. The maximum absolute atomic E-state index is 12.0. The van der Waals surface area contributed by atoms with Crippen LogP contribution in [0.2, 0.25) is 0 Å². The van der Waals surface area contributed by atoms with Crippen molar-refractivity contribution in [1.82, 2.24) is 0 Å². The second-order valence-corrected chi connectivity index (χ2v) is 2.47. The zero-order valence-corrected chi connectivity index (χ0v) is 5.77. The van der Waals surface area contributed by atoms with E-state index in [0.717, 1.165) is 0 Å². The third-order valence-electron chi connectivity index (χ3n) is 0.770. The van der Waals surface area contributed by atoms with E-state index in [1.807, 2.05) is 0 Å². The molecule has 0 heterocycles. The average molecular weight is 156 g/mol. The van der Waals surface area contributed by atoms with Gasteiger partial charge in [-0.2, -0.15) is 0 Å². The summed E-state index contributed by atoms with van der Waals surface area (Å²) in [5.74, 6) is -0.877. The monoisotopic (exact) mass is 156 g/mol. The standard InChI is InChI=1S/C5H7F3S/c1-4(9-3-7)5(8)2-6/h2-3H2,1H3. The van der Waals surface area contributed by atoms with E-state index in [9.17, 15) is 13.2 Å². The molecule has 4 heteroatoms. The van der Waals surface area contributed by atoms with Crippen molar-refractivity contribution in [3.63, 3.8) is 0 Å². The van der Waals surface area contributed by atoms with E-state index < -0.39 is 18.5 Å². The Morgan fingerprint density at radius 2 is 2.00 bits per heavy atom. The van der Waals surface area contributed by atoms with Crippen molar-refractivity contribution in [2.75, 3.05) is 12.7 Å². The molecule has 54 valence electrons. The number of allylic oxidation sites excluding steroid dienone is 2. The molecule has 0 atom stereocenters. The Kier molecular flexibility index (Phi) is 4.67. The van der Waals surface area contributed by atoms with Crippen molar-refractivity contribution < 1.29 is 13.2 Å². The molecule has 0 saturated carbocycles. The smallest absolute Gasteiger partial charge is 0.142 e. The fourth-order valence-electron chi connectivity index (χ4n) is 0.254. The summed E-state index contributed by atoms with van der Waals surface area (Å²) in [4.78, 5) is 0.0833. The highest BCUT2D eigenvalue weighted by Crippen LogP contribution is 2.19. The lowest BCUT2D eigenvalue weighted by atomic mass is 10.5. The number of hydrogen-bond donors (Lipinski definition) is 0. The zero-order chi connectivity index (χ0) is 7.28. The molecule has 0 unspecified atom stereocenters. The van der Waals surface area contributed by atoms with E-state index >= 15 is 0 Å². The van der Waals surface area contributed by atoms with E-state index in [4.69, 9.17) is 0 Å². The Morgan fingerprint density at radius 1 is 1.44 bits per heavy atom. The van der Waals surface area contributed by atoms with Crippen molar-refractivity contribution in [3.8, 4) is 0 Å². The van der Waals surface area contributed by atoms with Crippen molar-refractivity contribution in [3.05, 3.63) is 10.7 Å². The lowest BCUT2D eigenvalue weighted by Crippen LogP contribution is -1.80. The van der Waals surface area contributed by atoms with Crippen LogP contribution in [-0.4, -0.2) is 12.7 Å². The number of hydrogen-bond acceptors (Lipinski definition) is 1. The highest BCUT2D eigenvalue weighted by Gasteiger charge is 1.99. The van der Waals surface area contributed by atoms with Crippen LogP contribution in [0.3, 0.4) is 0 Å². The molecule has 0 radical (unpaired) electrons. The maximum Gasteiger partial charge on any atom is 0.142 e. The molecule has 0 bridgehead atoms. The quantitative estimate of drug-likeness (QED) is 0.605. The molecule has 0 aromatic carbocycles. The Bertz CT molecular complexity index is 111. The minimum atomic E-state index is -1.14. The molecule has 0 aromatic rings. The van der Waals surface area contributed by atoms with E-state index in [0.29, 0.717) is 11.8 Å². The summed E-state index contributed by atoms with van der Waals surface area (Å²) in [6.45, 7) is 0.206. The first kappa shape index (κ1) is 8.88. The van der Waals surface area contributed by atoms with Gasteiger partial charge in [0.2, 0.25) is 0 Å². The predicted octanol–water partition coefficient (Wildman–Crippen LogP) is 2.82. The topological polar surface area (TPSA) is 0 Å². The van der Waals surface area contributed by atoms with E-state index in [-0.39, 0.29) is 4.91 Å². The van der Waals surface area contributed by atoms with E-state index in [2.05, 4.69) is 0 Å². The Labute approximate surface area is 56.1 Å². The summed E-state index contributed by atoms with van der Waals surface area (Å²) < 4.78 is 34.8. The zero-order valence-electron chi connectivity index (χ0n) is 4.96. The molecule has 0 spiro atoms. The van der Waals surface area contributed by atoms with Crippen molar-refractivity contribution in [1.29, 1.82) is 0 Å². The van der Waals surface area contributed by atoms with Crippen LogP contribution in [0.15, 0.2) is 10.7 Å².